The molecule has 0 atom stereocenters. The molecule has 60 valence electrons. The van der Waals surface area contributed by atoms with E-state index in [2.05, 4.69) is 4.98 Å². The molecule has 1 aromatic rings. The molecule has 0 unspecified atom stereocenters. The summed E-state index contributed by atoms with van der Waals surface area (Å²) in [6, 6.07) is 0. The number of hydrogen-bond acceptors (Lipinski definition) is 2. The summed E-state index contributed by atoms with van der Waals surface area (Å²) in [7, 11) is 0. The van der Waals surface area contributed by atoms with Crippen molar-refractivity contribution in [2.75, 3.05) is 5.73 Å². The number of rotatable bonds is 0. The topological polar surface area (TPSA) is 38.9 Å². The number of halogens is 4. The molecule has 6 heteroatoms. The minimum Gasteiger partial charge on any atom is -0.383 e. The summed E-state index contributed by atoms with van der Waals surface area (Å²) in [5.41, 5.74) is 5.03. The standard InChI is InChI=1S/C5H2F3IN2/c6-1-2(7)4(8)11-5(10)3(1)9/h(H2,10,11). The van der Waals surface area contributed by atoms with Crippen molar-refractivity contribution in [3.8, 4) is 0 Å². The fraction of sp³-hybridized carbons (Fsp3) is 0. The maximum atomic E-state index is 12.5. The Morgan fingerprint density at radius 2 is 1.73 bits per heavy atom. The van der Waals surface area contributed by atoms with E-state index in [1.807, 2.05) is 0 Å². The molecule has 0 fully saturated rings. The van der Waals surface area contributed by atoms with Crippen molar-refractivity contribution >= 4 is 28.4 Å². The van der Waals surface area contributed by atoms with Gasteiger partial charge < -0.3 is 5.73 Å². The molecule has 0 aliphatic heterocycles. The fourth-order valence-corrected chi connectivity index (χ4v) is 0.861. The first-order chi connectivity index (χ1) is 5.04. The van der Waals surface area contributed by atoms with Gasteiger partial charge in [-0.1, -0.05) is 0 Å². The maximum absolute atomic E-state index is 12.5. The summed E-state index contributed by atoms with van der Waals surface area (Å²) in [5.74, 6) is -4.75. The Morgan fingerprint density at radius 3 is 2.27 bits per heavy atom. The van der Waals surface area contributed by atoms with Crippen LogP contribution in [-0.4, -0.2) is 4.98 Å². The largest absolute Gasteiger partial charge is 0.383 e. The zero-order chi connectivity index (χ0) is 8.59. The van der Waals surface area contributed by atoms with E-state index in [1.165, 1.54) is 22.6 Å². The third-order valence-corrected chi connectivity index (χ3v) is 2.04. The van der Waals surface area contributed by atoms with E-state index in [9.17, 15) is 13.2 Å². The first-order valence-corrected chi connectivity index (χ1v) is 3.57. The van der Waals surface area contributed by atoms with Gasteiger partial charge in [0.1, 0.15) is 5.82 Å². The molecule has 0 saturated heterocycles. The summed E-state index contributed by atoms with van der Waals surface area (Å²) >= 11 is 1.44. The second-order valence-corrected chi connectivity index (χ2v) is 2.81. The predicted octanol–water partition coefficient (Wildman–Crippen LogP) is 1.69. The van der Waals surface area contributed by atoms with E-state index in [0.717, 1.165) is 0 Å². The highest BCUT2D eigenvalue weighted by atomic mass is 127. The normalized spacial score (nSPS) is 10.2. The van der Waals surface area contributed by atoms with Crippen molar-refractivity contribution < 1.29 is 13.2 Å². The van der Waals surface area contributed by atoms with Crippen molar-refractivity contribution in [3.63, 3.8) is 0 Å². The highest BCUT2D eigenvalue weighted by molar-refractivity contribution is 14.1. The van der Waals surface area contributed by atoms with Crippen LogP contribution in [0.5, 0.6) is 0 Å². The van der Waals surface area contributed by atoms with Gasteiger partial charge in [-0.3, -0.25) is 0 Å². The third kappa shape index (κ3) is 1.39. The molecular formula is C5H2F3IN2. The van der Waals surface area contributed by atoms with Gasteiger partial charge in [-0.25, -0.2) is 4.39 Å². The van der Waals surface area contributed by atoms with Gasteiger partial charge in [-0.15, -0.1) is 0 Å². The van der Waals surface area contributed by atoms with Gasteiger partial charge in [0.25, 0.3) is 5.95 Å². The Hall–Kier alpha value is -0.530. The average Bonchev–Trinajstić information content (AvgIpc) is 1.97. The quantitative estimate of drug-likeness (QED) is 0.577. The first kappa shape index (κ1) is 8.57. The number of anilines is 1. The van der Waals surface area contributed by atoms with Crippen molar-refractivity contribution in [1.29, 1.82) is 0 Å². The third-order valence-electron chi connectivity index (χ3n) is 1.01. The van der Waals surface area contributed by atoms with Crippen molar-refractivity contribution in [3.05, 3.63) is 21.2 Å². The molecule has 0 spiro atoms. The molecule has 0 amide bonds. The lowest BCUT2D eigenvalue weighted by molar-refractivity contribution is 0.425. The van der Waals surface area contributed by atoms with Gasteiger partial charge in [0.05, 0.1) is 3.57 Å². The smallest absolute Gasteiger partial charge is 0.254 e. The van der Waals surface area contributed by atoms with E-state index in [1.54, 1.807) is 0 Å². The zero-order valence-electron chi connectivity index (χ0n) is 5.04. The zero-order valence-corrected chi connectivity index (χ0v) is 7.19. The first-order valence-electron chi connectivity index (χ1n) is 2.49. The molecule has 0 radical (unpaired) electrons. The second-order valence-electron chi connectivity index (χ2n) is 1.73. The molecule has 0 aliphatic rings. The molecule has 0 aliphatic carbocycles. The number of hydrogen-bond donors (Lipinski definition) is 1. The summed E-state index contributed by atoms with van der Waals surface area (Å²) in [6.45, 7) is 0. The minimum atomic E-state index is -1.59. The van der Waals surface area contributed by atoms with Crippen LogP contribution < -0.4 is 5.73 Å². The predicted molar refractivity (Wildman–Crippen MR) is 41.2 cm³/mol. The average molecular weight is 274 g/mol. The van der Waals surface area contributed by atoms with E-state index >= 15 is 0 Å². The molecule has 1 heterocycles. The lowest BCUT2D eigenvalue weighted by Crippen LogP contribution is -2.04. The summed E-state index contributed by atoms with van der Waals surface area (Å²) in [6.07, 6.45) is 0. The molecule has 0 aromatic carbocycles. The Labute approximate surface area is 73.7 Å². The lowest BCUT2D eigenvalue weighted by atomic mass is 10.4. The fourth-order valence-electron chi connectivity index (χ4n) is 0.503. The van der Waals surface area contributed by atoms with Crippen LogP contribution in [0.2, 0.25) is 0 Å². The van der Waals surface area contributed by atoms with Gasteiger partial charge in [-0.05, 0) is 22.6 Å². The van der Waals surface area contributed by atoms with Crippen LogP contribution >= 0.6 is 22.6 Å². The van der Waals surface area contributed by atoms with Gasteiger partial charge >= 0.3 is 0 Å². The van der Waals surface area contributed by atoms with E-state index in [0.29, 0.717) is 0 Å². The number of aromatic nitrogens is 1. The Kier molecular flexibility index (Phi) is 2.21. The molecule has 2 nitrogen and oxygen atoms in total. The monoisotopic (exact) mass is 274 g/mol. The molecule has 0 saturated carbocycles. The molecule has 0 bridgehead atoms. The number of nitrogen functional groups attached to an aromatic ring is 1. The maximum Gasteiger partial charge on any atom is 0.254 e. The minimum absolute atomic E-state index is 0.207. The van der Waals surface area contributed by atoms with Gasteiger partial charge in [0.15, 0.2) is 5.82 Å². The summed E-state index contributed by atoms with van der Waals surface area (Å²) in [4.78, 5) is 2.92. The number of nitrogens with two attached hydrogens (primary N) is 1. The van der Waals surface area contributed by atoms with Crippen molar-refractivity contribution in [1.82, 2.24) is 4.98 Å². The van der Waals surface area contributed by atoms with Gasteiger partial charge in [0, 0.05) is 0 Å². The SMILES string of the molecule is Nc1nc(F)c(F)c(F)c1I. The lowest BCUT2D eigenvalue weighted by Gasteiger charge is -1.99. The van der Waals surface area contributed by atoms with Crippen LogP contribution in [0.4, 0.5) is 19.0 Å². The van der Waals surface area contributed by atoms with Crippen molar-refractivity contribution in [2.45, 2.75) is 0 Å². The van der Waals surface area contributed by atoms with Gasteiger partial charge in [0.2, 0.25) is 5.82 Å². The Morgan fingerprint density at radius 1 is 1.18 bits per heavy atom. The molecular weight excluding hydrogens is 272 g/mol. The van der Waals surface area contributed by atoms with Crippen LogP contribution in [0.3, 0.4) is 0 Å². The number of nitrogens with zero attached hydrogens (tertiary/aromatic N) is 1. The van der Waals surface area contributed by atoms with E-state index in [-0.39, 0.29) is 9.39 Å². The highest BCUT2D eigenvalue weighted by Crippen LogP contribution is 2.19. The van der Waals surface area contributed by atoms with Crippen LogP contribution in [0, 0.1) is 21.2 Å². The van der Waals surface area contributed by atoms with Crippen LogP contribution in [0.25, 0.3) is 0 Å². The Bertz CT molecular complexity index is 276. The summed E-state index contributed by atoms with van der Waals surface area (Å²) in [5, 5.41) is 0. The highest BCUT2D eigenvalue weighted by Gasteiger charge is 2.16. The van der Waals surface area contributed by atoms with Crippen LogP contribution in [0.1, 0.15) is 0 Å². The molecule has 1 rings (SSSR count). The van der Waals surface area contributed by atoms with Crippen LogP contribution in [-0.2, 0) is 0 Å². The number of pyridine rings is 1. The summed E-state index contributed by atoms with van der Waals surface area (Å²) < 4.78 is 36.8. The van der Waals surface area contributed by atoms with E-state index < -0.39 is 17.6 Å². The van der Waals surface area contributed by atoms with Gasteiger partial charge in [-0.2, -0.15) is 13.8 Å². The van der Waals surface area contributed by atoms with E-state index in [4.69, 9.17) is 5.73 Å². The van der Waals surface area contributed by atoms with Crippen LogP contribution in [0.15, 0.2) is 0 Å². The second kappa shape index (κ2) is 2.84. The molecule has 2 N–H and O–H groups in total. The Balaban J connectivity index is 3.46. The van der Waals surface area contributed by atoms with Crippen molar-refractivity contribution in [2.24, 2.45) is 0 Å². The molecule has 1 aromatic heterocycles. The molecule has 11 heavy (non-hydrogen) atoms.